The van der Waals surface area contributed by atoms with E-state index in [1.165, 1.54) is 0 Å². The van der Waals surface area contributed by atoms with Crippen molar-refractivity contribution >= 4 is 10.9 Å². The molecule has 74 valence electrons. The van der Waals surface area contributed by atoms with Gasteiger partial charge in [0.2, 0.25) is 0 Å². The van der Waals surface area contributed by atoms with Crippen LogP contribution in [-0.4, -0.2) is 9.97 Å². The fraction of sp³-hybridized carbons (Fsp3) is 0. The molecule has 2 rings (SSSR count). The maximum absolute atomic E-state index is 13.1. The van der Waals surface area contributed by atoms with Gasteiger partial charge in [-0.15, -0.1) is 0 Å². The standard InChI is InChI=1S/C9H4FN3O2/c10-6-2-5-7(1-4(6)3-11)12-9(15)13-8(5)14/h1-2H,(H2,12,13,14,15). The van der Waals surface area contributed by atoms with Crippen LogP contribution in [0.15, 0.2) is 21.7 Å². The number of benzene rings is 1. The van der Waals surface area contributed by atoms with Crippen LogP contribution in [0.25, 0.3) is 10.9 Å². The van der Waals surface area contributed by atoms with Crippen molar-refractivity contribution in [1.29, 1.82) is 5.26 Å². The molecule has 2 N–H and O–H groups in total. The number of nitrogens with zero attached hydrogens (tertiary/aromatic N) is 1. The molecule has 0 aliphatic heterocycles. The minimum absolute atomic E-state index is 0.00565. The largest absolute Gasteiger partial charge is 0.326 e. The highest BCUT2D eigenvalue weighted by Gasteiger charge is 2.07. The van der Waals surface area contributed by atoms with Crippen molar-refractivity contribution in [2.45, 2.75) is 0 Å². The Labute approximate surface area is 81.8 Å². The van der Waals surface area contributed by atoms with Gasteiger partial charge in [-0.2, -0.15) is 5.26 Å². The molecule has 0 saturated carbocycles. The van der Waals surface area contributed by atoms with E-state index < -0.39 is 17.1 Å². The normalized spacial score (nSPS) is 10.1. The Morgan fingerprint density at radius 2 is 2.00 bits per heavy atom. The van der Waals surface area contributed by atoms with Crippen molar-refractivity contribution in [3.63, 3.8) is 0 Å². The summed E-state index contributed by atoms with van der Waals surface area (Å²) < 4.78 is 13.1. The van der Waals surface area contributed by atoms with Gasteiger partial charge >= 0.3 is 5.69 Å². The highest BCUT2D eigenvalue weighted by molar-refractivity contribution is 5.78. The van der Waals surface area contributed by atoms with Gasteiger partial charge in [-0.25, -0.2) is 9.18 Å². The lowest BCUT2D eigenvalue weighted by atomic mass is 10.1. The summed E-state index contributed by atoms with van der Waals surface area (Å²) in [5, 5.41) is 8.55. The van der Waals surface area contributed by atoms with Crippen molar-refractivity contribution in [3.8, 4) is 6.07 Å². The van der Waals surface area contributed by atoms with E-state index in [0.29, 0.717) is 0 Å². The van der Waals surface area contributed by atoms with Crippen LogP contribution in [0, 0.1) is 17.1 Å². The lowest BCUT2D eigenvalue weighted by Crippen LogP contribution is -2.22. The number of aromatic amines is 2. The molecular formula is C9H4FN3O2. The number of nitrogens with one attached hydrogen (secondary N) is 2. The van der Waals surface area contributed by atoms with Crippen LogP contribution in [0.4, 0.5) is 4.39 Å². The topological polar surface area (TPSA) is 89.5 Å². The first kappa shape index (κ1) is 9.15. The zero-order valence-corrected chi connectivity index (χ0v) is 7.30. The van der Waals surface area contributed by atoms with Crippen LogP contribution < -0.4 is 11.2 Å². The summed E-state index contributed by atoms with van der Waals surface area (Å²) in [4.78, 5) is 26.4. The van der Waals surface area contributed by atoms with Gasteiger partial charge < -0.3 is 4.98 Å². The van der Waals surface area contributed by atoms with Gasteiger partial charge in [0.15, 0.2) is 0 Å². The molecule has 1 aromatic heterocycles. The summed E-state index contributed by atoms with van der Waals surface area (Å²) in [6, 6.07) is 3.66. The minimum atomic E-state index is -0.789. The first-order chi connectivity index (χ1) is 7.11. The van der Waals surface area contributed by atoms with Crippen molar-refractivity contribution in [1.82, 2.24) is 9.97 Å². The molecule has 0 radical (unpaired) electrons. The van der Waals surface area contributed by atoms with Crippen LogP contribution in [0.1, 0.15) is 5.56 Å². The highest BCUT2D eigenvalue weighted by atomic mass is 19.1. The quantitative estimate of drug-likeness (QED) is 0.644. The zero-order valence-electron chi connectivity index (χ0n) is 7.30. The monoisotopic (exact) mass is 205 g/mol. The molecule has 0 amide bonds. The number of aromatic nitrogens is 2. The summed E-state index contributed by atoms with van der Waals surface area (Å²) in [6.45, 7) is 0. The SMILES string of the molecule is N#Cc1cc2[nH]c(=O)[nH]c(=O)c2cc1F. The van der Waals surface area contributed by atoms with E-state index in [9.17, 15) is 14.0 Å². The number of hydrogen-bond acceptors (Lipinski definition) is 3. The Morgan fingerprint density at radius 3 is 2.67 bits per heavy atom. The van der Waals surface area contributed by atoms with E-state index in [0.717, 1.165) is 12.1 Å². The molecule has 0 spiro atoms. The summed E-state index contributed by atoms with van der Waals surface area (Å²) in [7, 11) is 0. The molecule has 1 heterocycles. The van der Waals surface area contributed by atoms with Gasteiger partial charge in [-0.3, -0.25) is 9.78 Å². The van der Waals surface area contributed by atoms with Crippen molar-refractivity contribution < 1.29 is 4.39 Å². The third-order valence-electron chi connectivity index (χ3n) is 1.95. The molecule has 2 aromatic rings. The van der Waals surface area contributed by atoms with E-state index in [2.05, 4.69) is 4.98 Å². The fourth-order valence-corrected chi connectivity index (χ4v) is 1.27. The summed E-state index contributed by atoms with van der Waals surface area (Å²) in [5.41, 5.74) is -1.45. The van der Waals surface area contributed by atoms with Crippen molar-refractivity contribution in [2.24, 2.45) is 0 Å². The predicted octanol–water partition coefficient (Wildman–Crippen LogP) is 0.227. The Kier molecular flexibility index (Phi) is 1.87. The van der Waals surface area contributed by atoms with E-state index in [4.69, 9.17) is 5.26 Å². The average molecular weight is 205 g/mol. The maximum Gasteiger partial charge on any atom is 0.326 e. The first-order valence-electron chi connectivity index (χ1n) is 3.98. The first-order valence-corrected chi connectivity index (χ1v) is 3.98. The second kappa shape index (κ2) is 3.06. The summed E-state index contributed by atoms with van der Waals surface area (Å²) in [6.07, 6.45) is 0. The average Bonchev–Trinajstić information content (AvgIpc) is 2.18. The van der Waals surface area contributed by atoms with Crippen molar-refractivity contribution in [2.75, 3.05) is 0 Å². The van der Waals surface area contributed by atoms with Crippen LogP contribution in [-0.2, 0) is 0 Å². The second-order valence-corrected chi connectivity index (χ2v) is 2.90. The van der Waals surface area contributed by atoms with Gasteiger partial charge in [0.1, 0.15) is 11.9 Å². The zero-order chi connectivity index (χ0) is 11.0. The number of nitriles is 1. The van der Waals surface area contributed by atoms with Crippen LogP contribution in [0.5, 0.6) is 0 Å². The highest BCUT2D eigenvalue weighted by Crippen LogP contribution is 2.12. The molecule has 0 bridgehead atoms. The molecule has 15 heavy (non-hydrogen) atoms. The third-order valence-corrected chi connectivity index (χ3v) is 1.95. The van der Waals surface area contributed by atoms with Crippen LogP contribution in [0.2, 0.25) is 0 Å². The minimum Gasteiger partial charge on any atom is -0.307 e. The smallest absolute Gasteiger partial charge is 0.307 e. The number of halogens is 1. The Balaban J connectivity index is 3.02. The molecular weight excluding hydrogens is 201 g/mol. The molecule has 0 aliphatic rings. The predicted molar refractivity (Wildman–Crippen MR) is 49.9 cm³/mol. The molecule has 0 saturated heterocycles. The lowest BCUT2D eigenvalue weighted by Gasteiger charge is -1.97. The second-order valence-electron chi connectivity index (χ2n) is 2.90. The molecule has 0 atom stereocenters. The molecule has 0 unspecified atom stereocenters. The summed E-state index contributed by atoms with van der Waals surface area (Å²) >= 11 is 0. The summed E-state index contributed by atoms with van der Waals surface area (Å²) in [5.74, 6) is -0.789. The maximum atomic E-state index is 13.1. The van der Waals surface area contributed by atoms with Gasteiger partial charge in [0, 0.05) is 0 Å². The fourth-order valence-electron chi connectivity index (χ4n) is 1.27. The molecule has 5 nitrogen and oxygen atoms in total. The van der Waals surface area contributed by atoms with Crippen LogP contribution in [0.3, 0.4) is 0 Å². The number of hydrogen-bond donors (Lipinski definition) is 2. The van der Waals surface area contributed by atoms with Crippen molar-refractivity contribution in [3.05, 3.63) is 44.4 Å². The molecule has 6 heteroatoms. The number of fused-ring (bicyclic) bond motifs is 1. The van der Waals surface area contributed by atoms with E-state index in [-0.39, 0.29) is 16.5 Å². The Morgan fingerprint density at radius 1 is 1.27 bits per heavy atom. The van der Waals surface area contributed by atoms with E-state index in [1.54, 1.807) is 6.07 Å². The van der Waals surface area contributed by atoms with Gasteiger partial charge in [0.05, 0.1) is 16.5 Å². The van der Waals surface area contributed by atoms with Gasteiger partial charge in [0.25, 0.3) is 5.56 Å². The Bertz CT molecular complexity index is 693. The van der Waals surface area contributed by atoms with Crippen LogP contribution >= 0.6 is 0 Å². The molecule has 0 aliphatic carbocycles. The Hall–Kier alpha value is -2.42. The lowest BCUT2D eigenvalue weighted by molar-refractivity contribution is 0.625. The number of rotatable bonds is 0. The van der Waals surface area contributed by atoms with Gasteiger partial charge in [-0.05, 0) is 12.1 Å². The number of H-pyrrole nitrogens is 2. The van der Waals surface area contributed by atoms with Gasteiger partial charge in [-0.1, -0.05) is 0 Å². The van der Waals surface area contributed by atoms with E-state index in [1.807, 2.05) is 4.98 Å². The molecule has 1 aromatic carbocycles. The molecule has 0 fully saturated rings. The third kappa shape index (κ3) is 1.40. The van der Waals surface area contributed by atoms with E-state index >= 15 is 0 Å².